The van der Waals surface area contributed by atoms with Crippen LogP contribution in [0.1, 0.15) is 17.3 Å². The van der Waals surface area contributed by atoms with Gasteiger partial charge in [0, 0.05) is 48.9 Å². The highest BCUT2D eigenvalue weighted by Crippen LogP contribution is 2.34. The summed E-state index contributed by atoms with van der Waals surface area (Å²) in [4.78, 5) is 13.0. The topological polar surface area (TPSA) is 72.6 Å². The molecule has 1 aliphatic heterocycles. The van der Waals surface area contributed by atoms with Gasteiger partial charge in [0.25, 0.3) is 5.69 Å². The highest BCUT2D eigenvalue weighted by Gasteiger charge is 2.31. The Morgan fingerprint density at radius 3 is 2.79 bits per heavy atom. The number of non-ortho nitro benzene ring substituents is 1. The van der Waals surface area contributed by atoms with Crippen LogP contribution in [-0.2, 0) is 6.54 Å². The number of methoxy groups -OCH3 is 1. The molecule has 1 unspecified atom stereocenters. The summed E-state index contributed by atoms with van der Waals surface area (Å²) < 4.78 is 7.44. The summed E-state index contributed by atoms with van der Waals surface area (Å²) in [6.45, 7) is 1.47. The van der Waals surface area contributed by atoms with E-state index in [0.717, 1.165) is 29.2 Å². The summed E-state index contributed by atoms with van der Waals surface area (Å²) >= 11 is 5.73. The van der Waals surface area contributed by atoms with Gasteiger partial charge in [-0.15, -0.1) is 0 Å². The van der Waals surface area contributed by atoms with Crippen molar-refractivity contribution in [2.45, 2.75) is 12.6 Å². The molecule has 0 radical (unpaired) electrons. The van der Waals surface area contributed by atoms with Gasteiger partial charge in [0.05, 0.1) is 18.1 Å². The molecular weight excluding hydrogens is 388 g/mol. The van der Waals surface area contributed by atoms with Gasteiger partial charge in [0.15, 0.2) is 5.11 Å². The zero-order valence-corrected chi connectivity index (χ0v) is 16.6. The molecule has 148 valence electrons. The van der Waals surface area contributed by atoms with Crippen LogP contribution in [0, 0.1) is 10.1 Å². The molecule has 2 aromatic carbocycles. The van der Waals surface area contributed by atoms with Crippen molar-refractivity contribution in [1.82, 2.24) is 9.47 Å². The van der Waals surface area contributed by atoms with Crippen molar-refractivity contribution >= 4 is 28.7 Å². The summed E-state index contributed by atoms with van der Waals surface area (Å²) in [6, 6.07) is 18.1. The first-order valence-electron chi connectivity index (χ1n) is 9.18. The number of thiocarbonyl (C=S) groups is 1. The Hall–Kier alpha value is -3.39. The molecule has 0 spiro atoms. The lowest BCUT2D eigenvalue weighted by atomic mass is 10.00. The van der Waals surface area contributed by atoms with E-state index in [1.807, 2.05) is 48.7 Å². The first-order chi connectivity index (χ1) is 14.1. The molecule has 1 N–H and O–H groups in total. The van der Waals surface area contributed by atoms with Gasteiger partial charge in [-0.2, -0.15) is 0 Å². The molecule has 29 heavy (non-hydrogen) atoms. The second kappa shape index (κ2) is 7.92. The van der Waals surface area contributed by atoms with Crippen molar-refractivity contribution in [3.63, 3.8) is 0 Å². The fourth-order valence-corrected chi connectivity index (χ4v) is 3.97. The number of aromatic nitrogens is 1. The van der Waals surface area contributed by atoms with Crippen LogP contribution in [0.15, 0.2) is 66.9 Å². The molecular formula is C21H20N4O3S. The Kier molecular flexibility index (Phi) is 5.18. The van der Waals surface area contributed by atoms with E-state index in [1.165, 1.54) is 6.07 Å². The second-order valence-electron chi connectivity index (χ2n) is 6.74. The lowest BCUT2D eigenvalue weighted by Gasteiger charge is -2.39. The van der Waals surface area contributed by atoms with Crippen molar-refractivity contribution in [3.8, 4) is 5.75 Å². The van der Waals surface area contributed by atoms with E-state index >= 15 is 0 Å². The average Bonchev–Trinajstić information content (AvgIpc) is 3.22. The van der Waals surface area contributed by atoms with Crippen LogP contribution >= 0.6 is 12.2 Å². The number of ether oxygens (including phenoxy) is 1. The van der Waals surface area contributed by atoms with Gasteiger partial charge >= 0.3 is 0 Å². The van der Waals surface area contributed by atoms with Gasteiger partial charge in [-0.3, -0.25) is 10.1 Å². The molecule has 1 aliphatic rings. The van der Waals surface area contributed by atoms with Crippen molar-refractivity contribution < 1.29 is 9.66 Å². The van der Waals surface area contributed by atoms with Crippen LogP contribution in [0.2, 0.25) is 0 Å². The van der Waals surface area contributed by atoms with Gasteiger partial charge in [0.1, 0.15) is 5.75 Å². The van der Waals surface area contributed by atoms with Gasteiger partial charge in [-0.1, -0.05) is 18.2 Å². The molecule has 1 aromatic heterocycles. The number of fused-ring (bicyclic) bond motifs is 1. The van der Waals surface area contributed by atoms with E-state index in [1.54, 1.807) is 19.2 Å². The van der Waals surface area contributed by atoms with Gasteiger partial charge in [-0.05, 0) is 42.0 Å². The van der Waals surface area contributed by atoms with Crippen LogP contribution in [0.25, 0.3) is 0 Å². The Morgan fingerprint density at radius 1 is 1.17 bits per heavy atom. The molecule has 2 heterocycles. The summed E-state index contributed by atoms with van der Waals surface area (Å²) in [5, 5.41) is 15.1. The number of hydrogen-bond donors (Lipinski definition) is 1. The van der Waals surface area contributed by atoms with Crippen LogP contribution in [0.4, 0.5) is 11.4 Å². The minimum Gasteiger partial charge on any atom is -0.497 e. The minimum absolute atomic E-state index is 0.0674. The van der Waals surface area contributed by atoms with Crippen LogP contribution in [0.3, 0.4) is 0 Å². The van der Waals surface area contributed by atoms with Gasteiger partial charge in [-0.25, -0.2) is 0 Å². The SMILES string of the molecule is COc1cccc(NC(=S)N2CCn3cccc3C2c2cccc([N+](=O)[O-])c2)c1. The average molecular weight is 408 g/mol. The number of nitrogens with one attached hydrogen (secondary N) is 1. The molecule has 0 fully saturated rings. The van der Waals surface area contributed by atoms with Gasteiger partial charge in [0.2, 0.25) is 0 Å². The Balaban J connectivity index is 1.68. The predicted octanol–water partition coefficient (Wildman–Crippen LogP) is 4.21. The van der Waals surface area contributed by atoms with Gasteiger partial charge < -0.3 is 19.5 Å². The summed E-state index contributed by atoms with van der Waals surface area (Å²) in [5.41, 5.74) is 2.77. The summed E-state index contributed by atoms with van der Waals surface area (Å²) in [6.07, 6.45) is 2.02. The quantitative estimate of drug-likeness (QED) is 0.396. The first kappa shape index (κ1) is 18.9. The number of nitro groups is 1. The van der Waals surface area contributed by atoms with Crippen LogP contribution in [0.5, 0.6) is 5.75 Å². The molecule has 4 rings (SSSR count). The largest absolute Gasteiger partial charge is 0.497 e. The Bertz CT molecular complexity index is 1070. The number of hydrogen-bond acceptors (Lipinski definition) is 4. The number of anilines is 1. The van der Waals surface area contributed by atoms with Crippen molar-refractivity contribution in [3.05, 3.63) is 88.2 Å². The molecule has 8 heteroatoms. The molecule has 0 saturated heterocycles. The second-order valence-corrected chi connectivity index (χ2v) is 7.12. The standard InChI is InChI=1S/C21H20N4O3S/c1-28-18-8-3-6-16(14-18)22-21(29)24-12-11-23-10-4-9-19(23)20(24)15-5-2-7-17(13-15)25(26)27/h2-10,13-14,20H,11-12H2,1H3,(H,22,29). The zero-order valence-electron chi connectivity index (χ0n) is 15.8. The Morgan fingerprint density at radius 2 is 2.00 bits per heavy atom. The maximum absolute atomic E-state index is 11.3. The monoisotopic (exact) mass is 408 g/mol. The highest BCUT2D eigenvalue weighted by molar-refractivity contribution is 7.80. The lowest BCUT2D eigenvalue weighted by Crippen LogP contribution is -2.44. The van der Waals surface area contributed by atoms with Crippen molar-refractivity contribution in [1.29, 1.82) is 0 Å². The number of rotatable bonds is 4. The highest BCUT2D eigenvalue weighted by atomic mass is 32.1. The van der Waals surface area contributed by atoms with E-state index in [2.05, 4.69) is 14.8 Å². The van der Waals surface area contributed by atoms with Crippen molar-refractivity contribution in [2.24, 2.45) is 0 Å². The molecule has 1 atom stereocenters. The third-order valence-electron chi connectivity index (χ3n) is 5.02. The van der Waals surface area contributed by atoms with Crippen molar-refractivity contribution in [2.75, 3.05) is 19.0 Å². The van der Waals surface area contributed by atoms with E-state index in [4.69, 9.17) is 17.0 Å². The fraction of sp³-hybridized carbons (Fsp3) is 0.190. The fourth-order valence-electron chi connectivity index (χ4n) is 3.66. The number of nitro benzene ring substituents is 1. The Labute approximate surface area is 173 Å². The first-order valence-corrected chi connectivity index (χ1v) is 9.58. The number of benzene rings is 2. The predicted molar refractivity (Wildman–Crippen MR) is 115 cm³/mol. The maximum atomic E-state index is 11.3. The van der Waals surface area contributed by atoms with E-state index in [9.17, 15) is 10.1 Å². The zero-order chi connectivity index (χ0) is 20.4. The molecule has 0 aliphatic carbocycles. The van der Waals surface area contributed by atoms with Crippen LogP contribution in [-0.4, -0.2) is 33.2 Å². The third kappa shape index (κ3) is 3.79. The van der Waals surface area contributed by atoms with E-state index < -0.39 is 0 Å². The van der Waals surface area contributed by atoms with E-state index in [0.29, 0.717) is 11.7 Å². The summed E-state index contributed by atoms with van der Waals surface area (Å²) in [7, 11) is 1.62. The van der Waals surface area contributed by atoms with Crippen LogP contribution < -0.4 is 10.1 Å². The molecule has 0 saturated carbocycles. The maximum Gasteiger partial charge on any atom is 0.269 e. The lowest BCUT2D eigenvalue weighted by molar-refractivity contribution is -0.384. The molecule has 7 nitrogen and oxygen atoms in total. The molecule has 3 aromatic rings. The molecule has 0 bridgehead atoms. The van der Waals surface area contributed by atoms with E-state index in [-0.39, 0.29) is 16.7 Å². The normalized spacial score (nSPS) is 15.5. The minimum atomic E-state index is -0.372. The summed E-state index contributed by atoms with van der Waals surface area (Å²) in [5.74, 6) is 0.737. The smallest absolute Gasteiger partial charge is 0.269 e. The third-order valence-corrected chi connectivity index (χ3v) is 5.35. The number of nitrogens with zero attached hydrogens (tertiary/aromatic N) is 3. The molecule has 0 amide bonds.